The highest BCUT2D eigenvalue weighted by Gasteiger charge is 2.65. The summed E-state index contributed by atoms with van der Waals surface area (Å²) in [5.74, 6) is -0.727. The Morgan fingerprint density at radius 1 is 1.07 bits per heavy atom. The Bertz CT molecular complexity index is 2160. The maximum Gasteiger partial charge on any atom is 0.306 e. The lowest BCUT2D eigenvalue weighted by Crippen LogP contribution is -2.48. The summed E-state index contributed by atoms with van der Waals surface area (Å²) in [6, 6.07) is 19.5. The number of pyridine rings is 1. The summed E-state index contributed by atoms with van der Waals surface area (Å²) in [4.78, 5) is 61.0. The molecule has 2 aliphatic carbocycles. The highest BCUT2D eigenvalue weighted by atomic mass is 31.2. The van der Waals surface area contributed by atoms with Crippen LogP contribution in [0.2, 0.25) is 0 Å². The van der Waals surface area contributed by atoms with Gasteiger partial charge >= 0.3 is 5.97 Å². The number of allylic oxidation sites excluding steroid dienone is 1. The fourth-order valence-corrected chi connectivity index (χ4v) is 11.1. The van der Waals surface area contributed by atoms with Gasteiger partial charge < -0.3 is 28.4 Å². The van der Waals surface area contributed by atoms with Crippen molar-refractivity contribution in [1.29, 1.82) is 0 Å². The van der Waals surface area contributed by atoms with Crippen LogP contribution in [0.1, 0.15) is 77.9 Å². The summed E-state index contributed by atoms with van der Waals surface area (Å²) in [5.41, 5.74) is 1.56. The van der Waals surface area contributed by atoms with E-state index in [1.807, 2.05) is 75.4 Å². The number of aromatic nitrogens is 1. The number of Topliss-reactive ketones (excluding diaryl/α,β-unsaturated/α-hetero) is 1. The van der Waals surface area contributed by atoms with Crippen molar-refractivity contribution < 1.29 is 42.5 Å². The average Bonchev–Trinajstić information content (AvgIpc) is 3.62. The largest absolute Gasteiger partial charge is 0.497 e. The lowest BCUT2D eigenvalue weighted by molar-refractivity contribution is -0.156. The van der Waals surface area contributed by atoms with Crippen molar-refractivity contribution in [3.8, 4) is 22.8 Å². The third kappa shape index (κ3) is 8.60. The van der Waals surface area contributed by atoms with Gasteiger partial charge in [0.1, 0.15) is 29.5 Å². The van der Waals surface area contributed by atoms with Crippen molar-refractivity contribution >= 4 is 35.9 Å². The van der Waals surface area contributed by atoms with E-state index in [9.17, 15) is 23.8 Å². The molecule has 4 aromatic rings. The Morgan fingerprint density at radius 3 is 2.47 bits per heavy atom. The third-order valence-corrected chi connectivity index (χ3v) is 14.9. The molecule has 3 fully saturated rings. The molecule has 3 heterocycles. The van der Waals surface area contributed by atoms with Crippen molar-refractivity contribution in [2.45, 2.75) is 102 Å². The number of benzene rings is 2. The molecule has 1 N–H and O–H groups in total. The van der Waals surface area contributed by atoms with Crippen LogP contribution in [-0.2, 0) is 29.8 Å². The van der Waals surface area contributed by atoms with Gasteiger partial charge in [-0.3, -0.25) is 18.9 Å². The number of carbonyl (C=O) groups excluding carboxylic acids is 3. The van der Waals surface area contributed by atoms with Crippen LogP contribution < -0.4 is 9.47 Å². The summed E-state index contributed by atoms with van der Waals surface area (Å²) in [6.45, 7) is 9.70. The summed E-state index contributed by atoms with van der Waals surface area (Å²) in [7, 11) is -2.41. The molecule has 2 saturated carbocycles. The predicted molar refractivity (Wildman–Crippen MR) is 217 cm³/mol. The normalized spacial score (nSPS) is 23.8. The molecule has 12 heteroatoms. The smallest absolute Gasteiger partial charge is 0.306 e. The van der Waals surface area contributed by atoms with Gasteiger partial charge in [-0.1, -0.05) is 57.2 Å². The second-order valence-corrected chi connectivity index (χ2v) is 19.6. The first-order valence-corrected chi connectivity index (χ1v) is 21.8. The van der Waals surface area contributed by atoms with Gasteiger partial charge in [0.25, 0.3) is 0 Å². The van der Waals surface area contributed by atoms with E-state index in [1.165, 1.54) is 6.26 Å². The number of esters is 1. The van der Waals surface area contributed by atoms with Crippen LogP contribution in [0.4, 0.5) is 0 Å². The quantitative estimate of drug-likeness (QED) is 0.0704. The van der Waals surface area contributed by atoms with Gasteiger partial charge in [-0.2, -0.15) is 0 Å². The number of likely N-dealkylation sites (tertiary alicyclic amines) is 1. The molecule has 0 radical (unpaired) electrons. The molecule has 2 aromatic heterocycles. The van der Waals surface area contributed by atoms with Crippen molar-refractivity contribution in [1.82, 2.24) is 9.88 Å². The zero-order valence-electron chi connectivity index (χ0n) is 33.2. The van der Waals surface area contributed by atoms with Crippen LogP contribution in [0.15, 0.2) is 90.1 Å². The number of furan rings is 1. The standard InChI is InChI=1S/C45H53N2O9P/c1-6-30-25-45(30,57(51,52)28-33-17-12-20-54-33)26-40(48)39-22-34(27-47(39)43(50)36(44(2,3)4)23-42(49)56-31-15-10-11-16-31)55-41-24-37(29-13-8-7-9-14-29)46-38-21-32(53-5)18-19-35(38)41/h6-9,12-14,17-21,24,30-31,34,36,39H,1,10-11,15-16,22-23,25-28H2,2-5H3,(H,51,52)/t30-,34-,36-,39+,45-/m1/s1. The summed E-state index contributed by atoms with van der Waals surface area (Å²) in [6.07, 6.45) is 5.86. The molecule has 57 heavy (non-hydrogen) atoms. The number of methoxy groups -OCH3 is 1. The topological polar surface area (TPSA) is 145 Å². The van der Waals surface area contributed by atoms with Crippen molar-refractivity contribution in [3.05, 3.63) is 91.4 Å². The van der Waals surface area contributed by atoms with Gasteiger partial charge in [0.2, 0.25) is 13.3 Å². The number of carbonyl (C=O) groups is 3. The minimum atomic E-state index is -4.00. The van der Waals surface area contributed by atoms with E-state index >= 15 is 0 Å². The van der Waals surface area contributed by atoms with E-state index in [-0.39, 0.29) is 55.7 Å². The highest BCUT2D eigenvalue weighted by Crippen LogP contribution is 2.74. The molecular weight excluding hydrogens is 743 g/mol. The first-order chi connectivity index (χ1) is 27.2. The summed E-state index contributed by atoms with van der Waals surface area (Å²) in [5, 5.41) is -0.499. The predicted octanol–water partition coefficient (Wildman–Crippen LogP) is 8.76. The van der Waals surface area contributed by atoms with Gasteiger partial charge in [0, 0.05) is 35.9 Å². The average molecular weight is 797 g/mol. The first kappa shape index (κ1) is 40.5. The van der Waals surface area contributed by atoms with Crippen LogP contribution >= 0.6 is 7.37 Å². The molecule has 11 nitrogen and oxygen atoms in total. The molecular formula is C45H53N2O9P. The van der Waals surface area contributed by atoms with Crippen molar-refractivity contribution in [3.63, 3.8) is 0 Å². The van der Waals surface area contributed by atoms with Gasteiger partial charge in [-0.25, -0.2) is 4.98 Å². The number of ketones is 1. The monoisotopic (exact) mass is 796 g/mol. The van der Waals surface area contributed by atoms with Crippen LogP contribution in [-0.4, -0.2) is 69.5 Å². The second kappa shape index (κ2) is 16.3. The van der Waals surface area contributed by atoms with Gasteiger partial charge in [-0.15, -0.1) is 6.58 Å². The lowest BCUT2D eigenvalue weighted by atomic mass is 9.77. The molecule has 1 unspecified atom stereocenters. The minimum Gasteiger partial charge on any atom is -0.497 e. The first-order valence-electron chi connectivity index (χ1n) is 19.9. The van der Waals surface area contributed by atoms with Gasteiger partial charge in [0.05, 0.1) is 60.8 Å². The number of nitrogens with zero attached hydrogens (tertiary/aromatic N) is 2. The fraction of sp³-hybridized carbons (Fsp3) is 0.467. The molecule has 6 atom stereocenters. The van der Waals surface area contributed by atoms with E-state index in [2.05, 4.69) is 6.58 Å². The SMILES string of the molecule is C=C[C@@H]1C[C@]1(CC(=O)[C@@H]1C[C@@H](Oc2cc(-c3ccccc3)nc3cc(OC)ccc23)CN1C(=O)[C@@H](CC(=O)OC1CCCC1)C(C)(C)C)P(=O)(O)Cc1ccco1. The van der Waals surface area contributed by atoms with E-state index in [0.29, 0.717) is 34.9 Å². The van der Waals surface area contributed by atoms with E-state index in [1.54, 1.807) is 30.2 Å². The number of amides is 1. The Labute approximate surface area is 334 Å². The van der Waals surface area contributed by atoms with Crippen LogP contribution in [0.3, 0.4) is 0 Å². The zero-order valence-corrected chi connectivity index (χ0v) is 34.1. The molecule has 302 valence electrons. The van der Waals surface area contributed by atoms with Crippen molar-refractivity contribution in [2.24, 2.45) is 17.3 Å². The molecule has 3 aliphatic rings. The Hall–Kier alpha value is -4.73. The molecule has 1 saturated heterocycles. The molecule has 7 rings (SSSR count). The molecule has 0 bridgehead atoms. The number of rotatable bonds is 15. The fourth-order valence-electron chi connectivity index (χ4n) is 8.68. The van der Waals surface area contributed by atoms with E-state index < -0.39 is 42.0 Å². The number of fused-ring (bicyclic) bond motifs is 1. The van der Waals surface area contributed by atoms with Gasteiger partial charge in [-0.05, 0) is 67.7 Å². The molecule has 1 amide bonds. The summed E-state index contributed by atoms with van der Waals surface area (Å²) >= 11 is 0. The van der Waals surface area contributed by atoms with Crippen LogP contribution in [0.5, 0.6) is 11.5 Å². The number of ether oxygens (including phenoxy) is 3. The van der Waals surface area contributed by atoms with E-state index in [4.69, 9.17) is 23.6 Å². The lowest BCUT2D eigenvalue weighted by Gasteiger charge is -2.35. The Balaban J connectivity index is 1.22. The molecule has 0 spiro atoms. The number of hydrogen-bond acceptors (Lipinski definition) is 9. The third-order valence-electron chi connectivity index (χ3n) is 12.1. The molecule has 1 aliphatic heterocycles. The Morgan fingerprint density at radius 2 is 1.82 bits per heavy atom. The second-order valence-electron chi connectivity index (χ2n) is 17.0. The summed E-state index contributed by atoms with van der Waals surface area (Å²) < 4.78 is 37.7. The van der Waals surface area contributed by atoms with E-state index in [0.717, 1.165) is 36.6 Å². The van der Waals surface area contributed by atoms with Crippen LogP contribution in [0, 0.1) is 17.3 Å². The highest BCUT2D eigenvalue weighted by molar-refractivity contribution is 7.59. The maximum atomic E-state index is 14.9. The van der Waals surface area contributed by atoms with Crippen LogP contribution in [0.25, 0.3) is 22.2 Å². The Kier molecular flexibility index (Phi) is 11.5. The minimum absolute atomic E-state index is 0.0706. The van der Waals surface area contributed by atoms with Gasteiger partial charge in [0.15, 0.2) is 5.78 Å². The zero-order chi connectivity index (χ0) is 40.5. The van der Waals surface area contributed by atoms with Crippen molar-refractivity contribution in [2.75, 3.05) is 13.7 Å². The maximum absolute atomic E-state index is 14.9. The number of hydrogen-bond donors (Lipinski definition) is 1. The molecule has 2 aromatic carbocycles.